The van der Waals surface area contributed by atoms with Crippen LogP contribution in [0.4, 0.5) is 17.1 Å². The number of benzene rings is 3. The first kappa shape index (κ1) is 27.4. The first-order valence-corrected chi connectivity index (χ1v) is 17.6. The lowest BCUT2D eigenvalue weighted by Gasteiger charge is -2.46. The van der Waals surface area contributed by atoms with Gasteiger partial charge in [-0.25, -0.2) is 4.67 Å². The van der Waals surface area contributed by atoms with Crippen LogP contribution in [0.5, 0.6) is 0 Å². The molecular weight excluding hydrogens is 506 g/mol. The molecule has 0 N–H and O–H groups in total. The Balaban J connectivity index is 1.96. The highest BCUT2D eigenvalue weighted by atomic mass is 31.2. The van der Waals surface area contributed by atoms with Gasteiger partial charge in [0.15, 0.2) is 0 Å². The van der Waals surface area contributed by atoms with E-state index in [1.165, 1.54) is 11.1 Å². The highest BCUT2D eigenvalue weighted by Crippen LogP contribution is 2.61. The molecule has 2 aliphatic rings. The molecule has 2 atom stereocenters. The number of rotatable bonds is 3. The van der Waals surface area contributed by atoms with Gasteiger partial charge in [0, 0.05) is 23.7 Å². The van der Waals surface area contributed by atoms with Gasteiger partial charge in [0.25, 0.3) is 0 Å². The Hall–Kier alpha value is -2.12. The van der Waals surface area contributed by atoms with E-state index < -0.39 is 14.4 Å². The molecule has 0 spiro atoms. The molecule has 0 fully saturated rings. The predicted octanol–water partition coefficient (Wildman–Crippen LogP) is 7.20. The third-order valence-electron chi connectivity index (χ3n) is 8.30. The molecule has 0 saturated heterocycles. The number of hydrogen-bond donors (Lipinski definition) is 0. The van der Waals surface area contributed by atoms with Crippen LogP contribution in [-0.4, -0.2) is 24.4 Å². The third-order valence-corrected chi connectivity index (χ3v) is 14.2. The summed E-state index contributed by atoms with van der Waals surface area (Å²) in [4.78, 5) is 2.26. The fourth-order valence-corrected chi connectivity index (χ4v) is 11.8. The van der Waals surface area contributed by atoms with Crippen LogP contribution >= 0.6 is 14.4 Å². The summed E-state index contributed by atoms with van der Waals surface area (Å²) in [6, 6.07) is 17.1. The van der Waals surface area contributed by atoms with Gasteiger partial charge >= 0.3 is 0 Å². The predicted molar refractivity (Wildman–Crippen MR) is 166 cm³/mol. The fourth-order valence-electron chi connectivity index (χ4n) is 6.03. The van der Waals surface area contributed by atoms with Crippen LogP contribution < -0.4 is 26.1 Å². The SMILES string of the molecule is CCN(CC)P1(=O)c2cc(C(C)(C)C)ccc2N2c3ccc(C(C)(C)C)cc3P(C)(=O)c3cc(C)cc1c32. The van der Waals surface area contributed by atoms with E-state index in [2.05, 4.69) is 113 Å². The molecule has 0 saturated carbocycles. The summed E-state index contributed by atoms with van der Waals surface area (Å²) >= 11 is 0. The minimum Gasteiger partial charge on any atom is -0.314 e. The average Bonchev–Trinajstić information content (AvgIpc) is 2.83. The second kappa shape index (κ2) is 8.69. The van der Waals surface area contributed by atoms with Crippen molar-refractivity contribution in [2.45, 2.75) is 73.1 Å². The Morgan fingerprint density at radius 3 is 1.68 bits per heavy atom. The maximum Gasteiger partial charge on any atom is 0.211 e. The molecule has 0 radical (unpaired) electrons. The second-order valence-electron chi connectivity index (χ2n) is 13.0. The highest BCUT2D eigenvalue weighted by molar-refractivity contribution is 7.80. The molecule has 3 aromatic carbocycles. The molecular formula is C32H42N2O2P2. The maximum absolute atomic E-state index is 15.6. The van der Waals surface area contributed by atoms with E-state index in [0.717, 1.165) is 43.8 Å². The Kier molecular flexibility index (Phi) is 6.28. The fraction of sp³-hybridized carbons (Fsp3) is 0.438. The second-order valence-corrected chi connectivity index (χ2v) is 18.5. The van der Waals surface area contributed by atoms with Crippen molar-refractivity contribution in [2.24, 2.45) is 0 Å². The molecule has 0 aliphatic carbocycles. The van der Waals surface area contributed by atoms with Gasteiger partial charge in [-0.2, -0.15) is 0 Å². The lowest BCUT2D eigenvalue weighted by Crippen LogP contribution is -2.46. The van der Waals surface area contributed by atoms with E-state index in [1.54, 1.807) is 0 Å². The molecule has 202 valence electrons. The average molecular weight is 549 g/mol. The summed E-state index contributed by atoms with van der Waals surface area (Å²) in [7, 11) is -6.17. The van der Waals surface area contributed by atoms with Crippen molar-refractivity contribution in [1.82, 2.24) is 4.67 Å². The Labute approximate surface area is 229 Å². The van der Waals surface area contributed by atoms with Crippen LogP contribution in [0.2, 0.25) is 0 Å². The first-order valence-electron chi connectivity index (χ1n) is 13.8. The van der Waals surface area contributed by atoms with Gasteiger partial charge in [-0.05, 0) is 77.5 Å². The van der Waals surface area contributed by atoms with Crippen molar-refractivity contribution < 1.29 is 9.13 Å². The monoisotopic (exact) mass is 548 g/mol. The molecule has 4 nitrogen and oxygen atoms in total. The summed E-state index contributed by atoms with van der Waals surface area (Å²) in [6.07, 6.45) is 0. The van der Waals surface area contributed by atoms with Gasteiger partial charge < -0.3 is 9.46 Å². The van der Waals surface area contributed by atoms with Crippen molar-refractivity contribution in [1.29, 1.82) is 0 Å². The summed E-state index contributed by atoms with van der Waals surface area (Å²) in [6.45, 7) is 22.6. The normalized spacial score (nSPS) is 22.2. The number of hydrogen-bond acceptors (Lipinski definition) is 3. The number of fused-ring (bicyclic) bond motifs is 4. The van der Waals surface area contributed by atoms with Crippen LogP contribution in [0.1, 0.15) is 72.1 Å². The number of nitrogens with zero attached hydrogens (tertiary/aromatic N) is 2. The highest BCUT2D eigenvalue weighted by Gasteiger charge is 2.49. The van der Waals surface area contributed by atoms with Crippen LogP contribution in [0.25, 0.3) is 0 Å². The van der Waals surface area contributed by atoms with Gasteiger partial charge in [0.05, 0.1) is 27.7 Å². The van der Waals surface area contributed by atoms with E-state index in [1.807, 2.05) is 13.6 Å². The maximum atomic E-state index is 15.6. The van der Waals surface area contributed by atoms with Gasteiger partial charge in [-0.1, -0.05) is 67.5 Å². The van der Waals surface area contributed by atoms with Crippen molar-refractivity contribution in [3.8, 4) is 0 Å². The van der Waals surface area contributed by atoms with Crippen LogP contribution in [0.15, 0.2) is 48.5 Å². The Morgan fingerprint density at radius 1 is 0.711 bits per heavy atom. The molecule has 3 aromatic rings. The smallest absolute Gasteiger partial charge is 0.211 e. The zero-order valence-corrected chi connectivity index (χ0v) is 26.4. The largest absolute Gasteiger partial charge is 0.314 e. The molecule has 0 amide bonds. The lowest BCUT2D eigenvalue weighted by molar-refractivity contribution is 0.458. The minimum atomic E-state index is -3.20. The van der Waals surface area contributed by atoms with E-state index in [9.17, 15) is 4.57 Å². The third kappa shape index (κ3) is 3.82. The quantitative estimate of drug-likeness (QED) is 0.325. The van der Waals surface area contributed by atoms with Crippen molar-refractivity contribution in [3.05, 3.63) is 65.2 Å². The van der Waals surface area contributed by atoms with Crippen molar-refractivity contribution in [2.75, 3.05) is 24.7 Å². The molecule has 2 unspecified atom stereocenters. The lowest BCUT2D eigenvalue weighted by atomic mass is 9.86. The van der Waals surface area contributed by atoms with Crippen LogP contribution in [0, 0.1) is 6.92 Å². The van der Waals surface area contributed by atoms with Crippen LogP contribution in [-0.2, 0) is 20.0 Å². The van der Waals surface area contributed by atoms with E-state index in [-0.39, 0.29) is 10.8 Å². The molecule has 0 aromatic heterocycles. The standard InChI is InChI=1S/C32H42N2O2P2/c1-11-33(12-2)38(36)27-20-23(32(7,8)9)14-16-25(27)34-24-15-13-22(31(4,5)6)19-26(24)37(10,35)28-17-21(3)18-29(38)30(28)34/h13-20H,11-12H2,1-10H3. The summed E-state index contributed by atoms with van der Waals surface area (Å²) in [5.41, 5.74) is 5.94. The number of anilines is 3. The topological polar surface area (TPSA) is 40.6 Å². The number of aryl methyl sites for hydroxylation is 1. The summed E-state index contributed by atoms with van der Waals surface area (Å²) < 4.78 is 32.6. The molecule has 6 heteroatoms. The molecule has 0 bridgehead atoms. The Morgan fingerprint density at radius 2 is 1.18 bits per heavy atom. The van der Waals surface area contributed by atoms with Gasteiger partial charge in [0.1, 0.15) is 7.14 Å². The van der Waals surface area contributed by atoms with Gasteiger partial charge in [-0.15, -0.1) is 0 Å². The van der Waals surface area contributed by atoms with E-state index in [4.69, 9.17) is 0 Å². The molecule has 2 aliphatic heterocycles. The van der Waals surface area contributed by atoms with Crippen molar-refractivity contribution >= 4 is 52.7 Å². The Bertz CT molecular complexity index is 1550. The van der Waals surface area contributed by atoms with E-state index >= 15 is 4.57 Å². The molecule has 2 heterocycles. The van der Waals surface area contributed by atoms with Crippen LogP contribution in [0.3, 0.4) is 0 Å². The molecule has 38 heavy (non-hydrogen) atoms. The zero-order chi connectivity index (χ0) is 28.0. The van der Waals surface area contributed by atoms with Gasteiger partial charge in [-0.3, -0.25) is 4.57 Å². The summed E-state index contributed by atoms with van der Waals surface area (Å²) in [5.74, 6) is 0. The first-order chi connectivity index (χ1) is 17.6. The minimum absolute atomic E-state index is 0.0626. The molecule has 5 rings (SSSR count). The van der Waals surface area contributed by atoms with E-state index in [0.29, 0.717) is 13.1 Å². The van der Waals surface area contributed by atoms with Crippen molar-refractivity contribution in [3.63, 3.8) is 0 Å². The van der Waals surface area contributed by atoms with Gasteiger partial charge in [0.2, 0.25) is 7.29 Å². The summed E-state index contributed by atoms with van der Waals surface area (Å²) in [5, 5.41) is 3.42. The zero-order valence-electron chi connectivity index (χ0n) is 24.6.